The summed E-state index contributed by atoms with van der Waals surface area (Å²) in [6.07, 6.45) is 3.66. The monoisotopic (exact) mass is 600 g/mol. The first-order valence-corrected chi connectivity index (χ1v) is 15.3. The van der Waals surface area contributed by atoms with E-state index in [0.29, 0.717) is 11.1 Å². The van der Waals surface area contributed by atoms with E-state index in [9.17, 15) is 9.59 Å². The van der Waals surface area contributed by atoms with Crippen molar-refractivity contribution in [2.75, 3.05) is 4.90 Å². The third kappa shape index (κ3) is 3.09. The van der Waals surface area contributed by atoms with Crippen molar-refractivity contribution < 1.29 is 9.59 Å². The van der Waals surface area contributed by atoms with Crippen LogP contribution in [0.25, 0.3) is 15.7 Å². The van der Waals surface area contributed by atoms with Gasteiger partial charge in [0.1, 0.15) is 0 Å². The number of para-hydroxylation sites is 1. The van der Waals surface area contributed by atoms with Crippen LogP contribution in [-0.4, -0.2) is 45.6 Å². The second-order valence-corrected chi connectivity index (χ2v) is 13.9. The number of ketones is 2. The van der Waals surface area contributed by atoms with E-state index in [-0.39, 0.29) is 51.6 Å². The Hall–Kier alpha value is -3.27. The summed E-state index contributed by atoms with van der Waals surface area (Å²) in [5.41, 5.74) is 4.80. The van der Waals surface area contributed by atoms with Crippen LogP contribution >= 0.6 is 0 Å². The molecule has 5 aromatic rings. The molecule has 0 unspecified atom stereocenters. The van der Waals surface area contributed by atoms with Crippen LogP contribution in [0.3, 0.4) is 0 Å². The van der Waals surface area contributed by atoms with E-state index in [0.717, 1.165) is 25.9 Å². The van der Waals surface area contributed by atoms with Crippen molar-refractivity contribution in [3.63, 3.8) is 0 Å². The predicted octanol–water partition coefficient (Wildman–Crippen LogP) is 5.92. The molecule has 2 aliphatic rings. The molecule has 0 amide bonds. The first kappa shape index (κ1) is 22.0. The summed E-state index contributed by atoms with van der Waals surface area (Å²) < 4.78 is 3.33. The number of hydrogen-bond acceptors (Lipinski definition) is 4. The van der Waals surface area contributed by atoms with Crippen LogP contribution in [0.2, 0.25) is 0 Å². The van der Waals surface area contributed by atoms with Gasteiger partial charge in [0.15, 0.2) is 0 Å². The van der Waals surface area contributed by atoms with Crippen LogP contribution in [0.15, 0.2) is 83.4 Å². The van der Waals surface area contributed by atoms with Gasteiger partial charge in [-0.05, 0) is 0 Å². The molecule has 6 heteroatoms. The van der Waals surface area contributed by atoms with Gasteiger partial charge in [-0.3, -0.25) is 0 Å². The number of aromatic nitrogens is 1. The van der Waals surface area contributed by atoms with Crippen LogP contribution in [0.5, 0.6) is 0 Å². The molecule has 4 heterocycles. The Morgan fingerprint density at radius 1 is 0.889 bits per heavy atom. The fourth-order valence-electron chi connectivity index (χ4n) is 5.33. The van der Waals surface area contributed by atoms with Crippen molar-refractivity contribution >= 4 is 72.4 Å². The maximum absolute atomic E-state index is 13.2. The van der Waals surface area contributed by atoms with Crippen LogP contribution < -0.4 is 4.90 Å². The molecule has 0 saturated carbocycles. The fourth-order valence-corrected chi connectivity index (χ4v) is 9.06. The molecule has 1 aliphatic heterocycles. The van der Waals surface area contributed by atoms with Gasteiger partial charge in [0, 0.05) is 0 Å². The Bertz CT molecular complexity index is 1670. The minimum absolute atomic E-state index is 0.0840. The van der Waals surface area contributed by atoms with Crippen molar-refractivity contribution in [3.8, 4) is 0 Å². The zero-order valence-electron chi connectivity index (χ0n) is 19.6. The second-order valence-electron chi connectivity index (χ2n) is 9.60. The summed E-state index contributed by atoms with van der Waals surface area (Å²) in [7, 11) is 0. The first-order valence-electron chi connectivity index (χ1n) is 11.7. The minimum atomic E-state index is -0.160. The number of rotatable bonds is 2. The van der Waals surface area contributed by atoms with Crippen LogP contribution in [0.1, 0.15) is 50.1 Å². The standard InChI is InChI=1S/C30H20N2O2Se2/c1-30(2)22-6-3-4-8-24(22)32(29-23(30)7-5-12-31-29)26-10-9-18(36-26)15-21-27(33)19-14-17-11-13-35-25(17)16-20(19)28(21)34/h3-16H,1-2H3/b21-15+. The van der Waals surface area contributed by atoms with E-state index in [2.05, 4.69) is 66.2 Å². The first-order chi connectivity index (χ1) is 17.4. The molecule has 1 aliphatic carbocycles. The summed E-state index contributed by atoms with van der Waals surface area (Å²) in [4.78, 5) is 35.6. The van der Waals surface area contributed by atoms with Gasteiger partial charge in [0.05, 0.1) is 0 Å². The number of pyridine rings is 1. The van der Waals surface area contributed by atoms with Crippen LogP contribution in [-0.2, 0) is 5.41 Å². The molecule has 3 aromatic heterocycles. The topological polar surface area (TPSA) is 50.3 Å². The SMILES string of the molecule is CC1(C)c2ccccc2N(c2ccc(/C=C3\C(=O)c4cc5cc[se]c5cc4C3=O)[se]2)c2ncccc21. The Labute approximate surface area is 220 Å². The Kier molecular flexibility index (Phi) is 4.80. The van der Waals surface area contributed by atoms with Gasteiger partial charge in [0.2, 0.25) is 0 Å². The van der Waals surface area contributed by atoms with Crippen molar-refractivity contribution in [2.24, 2.45) is 0 Å². The zero-order valence-corrected chi connectivity index (χ0v) is 23.0. The predicted molar refractivity (Wildman–Crippen MR) is 146 cm³/mol. The molecule has 174 valence electrons. The van der Waals surface area contributed by atoms with E-state index in [1.54, 1.807) is 0 Å². The second kappa shape index (κ2) is 7.86. The molecule has 36 heavy (non-hydrogen) atoms. The van der Waals surface area contributed by atoms with Gasteiger partial charge >= 0.3 is 221 Å². The number of benzene rings is 2. The molecule has 0 N–H and O–H groups in total. The van der Waals surface area contributed by atoms with Gasteiger partial charge in [-0.25, -0.2) is 0 Å². The Morgan fingerprint density at radius 3 is 2.53 bits per heavy atom. The van der Waals surface area contributed by atoms with E-state index >= 15 is 0 Å². The summed E-state index contributed by atoms with van der Waals surface area (Å²) in [5.74, 6) is 0.636. The van der Waals surface area contributed by atoms with Gasteiger partial charge in [-0.2, -0.15) is 0 Å². The average molecular weight is 598 g/mol. The zero-order chi connectivity index (χ0) is 24.6. The number of anilines is 3. The number of carbonyl (C=O) groups excluding carboxylic acids is 2. The number of nitrogens with zero attached hydrogens (tertiary/aromatic N) is 2. The van der Waals surface area contributed by atoms with Crippen molar-refractivity contribution in [1.29, 1.82) is 0 Å². The van der Waals surface area contributed by atoms with Crippen LogP contribution in [0, 0.1) is 0 Å². The molecular formula is C30H20N2O2Se2. The summed E-state index contributed by atoms with van der Waals surface area (Å²) in [6.45, 7) is 4.49. The van der Waals surface area contributed by atoms with Gasteiger partial charge in [0.25, 0.3) is 0 Å². The number of allylic oxidation sites excluding steroid dienone is 1. The summed E-state index contributed by atoms with van der Waals surface area (Å²) in [6, 6.07) is 22.7. The molecule has 0 spiro atoms. The maximum atomic E-state index is 13.2. The van der Waals surface area contributed by atoms with Crippen LogP contribution in [0.4, 0.5) is 16.1 Å². The Morgan fingerprint density at radius 2 is 1.67 bits per heavy atom. The van der Waals surface area contributed by atoms with Gasteiger partial charge in [-0.1, -0.05) is 0 Å². The molecule has 0 atom stereocenters. The molecule has 7 rings (SSSR count). The number of carbonyl (C=O) groups is 2. The van der Waals surface area contributed by atoms with Gasteiger partial charge in [-0.15, -0.1) is 0 Å². The van der Waals surface area contributed by atoms with Crippen molar-refractivity contribution in [2.45, 2.75) is 19.3 Å². The number of Topliss-reactive ketones (excluding diaryl/α,β-unsaturated/α-hetero) is 2. The van der Waals surface area contributed by atoms with E-state index in [1.807, 2.05) is 36.5 Å². The quantitative estimate of drug-likeness (QED) is 0.144. The Balaban J connectivity index is 1.32. The molecule has 0 saturated heterocycles. The van der Waals surface area contributed by atoms with E-state index in [4.69, 9.17) is 4.98 Å². The van der Waals surface area contributed by atoms with Crippen molar-refractivity contribution in [3.05, 3.63) is 110 Å². The number of hydrogen-bond donors (Lipinski definition) is 0. The van der Waals surface area contributed by atoms with Gasteiger partial charge < -0.3 is 0 Å². The fraction of sp³-hybridized carbons (Fsp3) is 0.100. The summed E-state index contributed by atoms with van der Waals surface area (Å²) >= 11 is 0.152. The molecule has 4 nitrogen and oxygen atoms in total. The molecule has 0 fully saturated rings. The third-order valence-corrected chi connectivity index (χ3v) is 11.2. The molecular weight excluding hydrogens is 578 g/mol. The third-order valence-electron chi connectivity index (χ3n) is 7.18. The normalized spacial score (nSPS) is 16.9. The average Bonchev–Trinajstić information content (AvgIpc) is 3.59. The molecule has 2 aromatic carbocycles. The number of fused-ring (bicyclic) bond motifs is 4. The van der Waals surface area contributed by atoms with E-state index < -0.39 is 0 Å². The summed E-state index contributed by atoms with van der Waals surface area (Å²) in [5, 5.41) is 1.07. The molecule has 0 bridgehead atoms. The van der Waals surface area contributed by atoms with E-state index in [1.165, 1.54) is 15.4 Å². The molecule has 0 radical (unpaired) electrons. The van der Waals surface area contributed by atoms with Crippen molar-refractivity contribution in [1.82, 2.24) is 4.98 Å².